The van der Waals surface area contributed by atoms with E-state index in [2.05, 4.69) is 9.82 Å². The zero-order valence-corrected chi connectivity index (χ0v) is 13.1. The summed E-state index contributed by atoms with van der Waals surface area (Å²) in [5.41, 5.74) is 1.96. The lowest BCUT2D eigenvalue weighted by Crippen LogP contribution is -2.24. The minimum Gasteiger partial charge on any atom is -0.466 e. The van der Waals surface area contributed by atoms with Crippen molar-refractivity contribution in [1.29, 1.82) is 0 Å². The number of aryl methyl sites for hydroxylation is 4. The number of rotatable bonds is 4. The molecule has 0 aromatic carbocycles. The summed E-state index contributed by atoms with van der Waals surface area (Å²) in [6.45, 7) is 7.29. The normalized spacial score (nSPS) is 12.1. The van der Waals surface area contributed by atoms with Crippen molar-refractivity contribution in [2.75, 3.05) is 0 Å². The minimum atomic E-state index is -3.58. The summed E-state index contributed by atoms with van der Waals surface area (Å²) in [6, 6.07) is 1.83. The summed E-state index contributed by atoms with van der Waals surface area (Å²) < 4.78 is 34.3. The van der Waals surface area contributed by atoms with Crippen molar-refractivity contribution in [3.8, 4) is 0 Å². The van der Waals surface area contributed by atoms with Gasteiger partial charge in [0.25, 0.3) is 0 Å². The second-order valence-corrected chi connectivity index (χ2v) is 6.59. The molecule has 20 heavy (non-hydrogen) atoms. The average Bonchev–Trinajstić information content (AvgIpc) is 2.77. The molecule has 2 heterocycles. The Bertz CT molecular complexity index is 741. The van der Waals surface area contributed by atoms with Crippen LogP contribution in [-0.4, -0.2) is 18.2 Å². The van der Waals surface area contributed by atoms with Crippen LogP contribution in [0.1, 0.15) is 28.5 Å². The molecule has 0 unspecified atom stereocenters. The highest BCUT2D eigenvalue weighted by Crippen LogP contribution is 2.19. The fourth-order valence-electron chi connectivity index (χ4n) is 2.25. The van der Waals surface area contributed by atoms with Crippen molar-refractivity contribution in [1.82, 2.24) is 14.5 Å². The second kappa shape index (κ2) is 5.06. The first-order valence-electron chi connectivity index (χ1n) is 6.28. The van der Waals surface area contributed by atoms with E-state index in [9.17, 15) is 8.42 Å². The van der Waals surface area contributed by atoms with E-state index in [0.717, 1.165) is 17.1 Å². The molecule has 0 bridgehead atoms. The van der Waals surface area contributed by atoms with Gasteiger partial charge in [0.15, 0.2) is 0 Å². The molecule has 2 aromatic rings. The zero-order chi connectivity index (χ0) is 15.1. The average molecular weight is 297 g/mol. The summed E-state index contributed by atoms with van der Waals surface area (Å²) in [5.74, 6) is 1.50. The number of hydrogen-bond acceptors (Lipinski definition) is 4. The van der Waals surface area contributed by atoms with Gasteiger partial charge in [-0.1, -0.05) is 0 Å². The quantitative estimate of drug-likeness (QED) is 0.932. The van der Waals surface area contributed by atoms with Gasteiger partial charge in [-0.25, -0.2) is 13.1 Å². The maximum atomic E-state index is 12.4. The topological polar surface area (TPSA) is 77.1 Å². The fourth-order valence-corrected chi connectivity index (χ4v) is 3.69. The number of nitrogens with zero attached hydrogens (tertiary/aromatic N) is 2. The minimum absolute atomic E-state index is 0.208. The summed E-state index contributed by atoms with van der Waals surface area (Å²) in [7, 11) is -1.85. The zero-order valence-electron chi connectivity index (χ0n) is 12.3. The van der Waals surface area contributed by atoms with Gasteiger partial charge >= 0.3 is 0 Å². The number of hydrogen-bond donors (Lipinski definition) is 1. The van der Waals surface area contributed by atoms with Crippen LogP contribution in [0.5, 0.6) is 0 Å². The smallest absolute Gasteiger partial charge is 0.244 e. The summed E-state index contributed by atoms with van der Waals surface area (Å²) in [5, 5.41) is 4.13. The number of aromatic nitrogens is 2. The predicted molar refractivity (Wildman–Crippen MR) is 74.9 cm³/mol. The molecule has 7 heteroatoms. The first-order valence-corrected chi connectivity index (χ1v) is 7.76. The van der Waals surface area contributed by atoms with Crippen LogP contribution in [0.3, 0.4) is 0 Å². The molecule has 0 saturated carbocycles. The van der Waals surface area contributed by atoms with Crippen LogP contribution in [-0.2, 0) is 23.6 Å². The Balaban J connectivity index is 2.26. The fraction of sp³-hybridized carbons (Fsp3) is 0.462. The molecular weight excluding hydrogens is 278 g/mol. The third-order valence-electron chi connectivity index (χ3n) is 3.31. The summed E-state index contributed by atoms with van der Waals surface area (Å²) >= 11 is 0. The standard InChI is InChI=1S/C13H19N3O3S/c1-8-6-12(11(4)19-8)7-14-20(17,18)13-9(2)15-16(5)10(13)3/h6,14H,7H2,1-5H3. The van der Waals surface area contributed by atoms with E-state index in [0.29, 0.717) is 11.4 Å². The van der Waals surface area contributed by atoms with Gasteiger partial charge in [0.2, 0.25) is 10.0 Å². The van der Waals surface area contributed by atoms with Crippen LogP contribution in [0.2, 0.25) is 0 Å². The Morgan fingerprint density at radius 1 is 1.30 bits per heavy atom. The number of sulfonamides is 1. The first-order chi connectivity index (χ1) is 9.22. The molecule has 6 nitrogen and oxygen atoms in total. The Morgan fingerprint density at radius 3 is 2.40 bits per heavy atom. The van der Waals surface area contributed by atoms with Crippen molar-refractivity contribution < 1.29 is 12.8 Å². The largest absolute Gasteiger partial charge is 0.466 e. The van der Waals surface area contributed by atoms with Crippen molar-refractivity contribution in [2.24, 2.45) is 7.05 Å². The van der Waals surface area contributed by atoms with Gasteiger partial charge in [0, 0.05) is 19.2 Å². The van der Waals surface area contributed by atoms with Crippen molar-refractivity contribution in [3.05, 3.63) is 34.5 Å². The van der Waals surface area contributed by atoms with Gasteiger partial charge in [-0.05, 0) is 33.8 Å². The van der Waals surface area contributed by atoms with Gasteiger partial charge in [0.05, 0.1) is 11.4 Å². The lowest BCUT2D eigenvalue weighted by Gasteiger charge is -2.06. The summed E-state index contributed by atoms with van der Waals surface area (Å²) in [4.78, 5) is 0.248. The third kappa shape index (κ3) is 2.64. The summed E-state index contributed by atoms with van der Waals surface area (Å²) in [6.07, 6.45) is 0. The predicted octanol–water partition coefficient (Wildman–Crippen LogP) is 1.73. The monoisotopic (exact) mass is 297 g/mol. The van der Waals surface area contributed by atoms with Crippen molar-refractivity contribution >= 4 is 10.0 Å². The molecule has 2 aromatic heterocycles. The molecule has 0 fully saturated rings. The van der Waals surface area contributed by atoms with E-state index < -0.39 is 10.0 Å². The Kier molecular flexibility index (Phi) is 3.75. The van der Waals surface area contributed by atoms with E-state index >= 15 is 0 Å². The molecule has 0 spiro atoms. The second-order valence-electron chi connectivity index (χ2n) is 4.89. The van der Waals surface area contributed by atoms with Crippen molar-refractivity contribution in [2.45, 2.75) is 39.1 Å². The molecule has 0 saturated heterocycles. The lowest BCUT2D eigenvalue weighted by molar-refractivity contribution is 0.500. The maximum Gasteiger partial charge on any atom is 0.244 e. The van der Waals surface area contributed by atoms with E-state index in [1.807, 2.05) is 19.9 Å². The molecule has 110 valence electrons. The first kappa shape index (κ1) is 14.8. The van der Waals surface area contributed by atoms with Crippen LogP contribution >= 0.6 is 0 Å². The van der Waals surface area contributed by atoms with Crippen LogP contribution < -0.4 is 4.72 Å². The highest BCUT2D eigenvalue weighted by molar-refractivity contribution is 7.89. The van der Waals surface area contributed by atoms with E-state index in [1.165, 1.54) is 0 Å². The molecule has 0 aliphatic heterocycles. The van der Waals surface area contributed by atoms with Gasteiger partial charge in [-0.2, -0.15) is 5.10 Å². The van der Waals surface area contributed by atoms with Gasteiger partial charge in [-0.15, -0.1) is 0 Å². The number of nitrogens with one attached hydrogen (secondary N) is 1. The van der Waals surface area contributed by atoms with E-state index in [1.54, 1.807) is 25.6 Å². The van der Waals surface area contributed by atoms with Gasteiger partial charge in [0.1, 0.15) is 16.4 Å². The molecule has 0 amide bonds. The molecule has 0 aliphatic rings. The van der Waals surface area contributed by atoms with Crippen molar-refractivity contribution in [3.63, 3.8) is 0 Å². The Morgan fingerprint density at radius 2 is 1.95 bits per heavy atom. The highest BCUT2D eigenvalue weighted by Gasteiger charge is 2.23. The molecule has 0 atom stereocenters. The molecule has 0 aliphatic carbocycles. The molecule has 0 radical (unpaired) electrons. The van der Waals surface area contributed by atoms with Crippen LogP contribution in [0.25, 0.3) is 0 Å². The third-order valence-corrected chi connectivity index (χ3v) is 4.96. The van der Waals surface area contributed by atoms with Gasteiger partial charge < -0.3 is 4.42 Å². The molecule has 2 rings (SSSR count). The molecule has 1 N–H and O–H groups in total. The molecular formula is C13H19N3O3S. The maximum absolute atomic E-state index is 12.4. The van der Waals surface area contributed by atoms with Gasteiger partial charge in [-0.3, -0.25) is 4.68 Å². The van der Waals surface area contributed by atoms with E-state index in [-0.39, 0.29) is 11.4 Å². The number of furan rings is 1. The van der Waals surface area contributed by atoms with Crippen LogP contribution in [0.15, 0.2) is 15.4 Å². The van der Waals surface area contributed by atoms with Crippen LogP contribution in [0.4, 0.5) is 0 Å². The Labute approximate surface area is 118 Å². The lowest BCUT2D eigenvalue weighted by atomic mass is 10.2. The van der Waals surface area contributed by atoms with E-state index in [4.69, 9.17) is 4.42 Å². The highest BCUT2D eigenvalue weighted by atomic mass is 32.2. The van der Waals surface area contributed by atoms with Crippen LogP contribution in [0, 0.1) is 27.7 Å². The SMILES string of the molecule is Cc1cc(CNS(=O)(=O)c2c(C)nn(C)c2C)c(C)o1. The Hall–Kier alpha value is -1.60.